The van der Waals surface area contributed by atoms with E-state index in [0.29, 0.717) is 18.5 Å². The molecule has 3 rings (SSSR count). The summed E-state index contributed by atoms with van der Waals surface area (Å²) in [6.45, 7) is 1.54. The number of benzene rings is 2. The standard InChI is InChI=1S/C29H36N8O5S/c1-17(38)34-21(13-14-24(30)39)26(41)36-22(16-18-8-3-2-4-9-18)27(42)35-20(11-7-15-33-29(31)32)25(40)28-37-19-10-5-6-12-23(19)43-28/h2-6,8-10,12,20-22H,7,11,13-16H2,1H3,(H2,30,39)(H,34,38)(H,35,42)(H,36,41)(H4,31,32,33). The van der Waals surface area contributed by atoms with E-state index in [-0.39, 0.29) is 42.4 Å². The van der Waals surface area contributed by atoms with Crippen LogP contribution in [0.25, 0.3) is 10.2 Å². The average Bonchev–Trinajstić information content (AvgIpc) is 3.40. The molecule has 0 aliphatic carbocycles. The lowest BCUT2D eigenvalue weighted by Crippen LogP contribution is -2.56. The highest BCUT2D eigenvalue weighted by molar-refractivity contribution is 7.20. The smallest absolute Gasteiger partial charge is 0.243 e. The van der Waals surface area contributed by atoms with Gasteiger partial charge in [-0.05, 0) is 37.0 Å². The molecule has 1 heterocycles. The van der Waals surface area contributed by atoms with Gasteiger partial charge in [0.2, 0.25) is 29.4 Å². The summed E-state index contributed by atoms with van der Waals surface area (Å²) in [5.74, 6) is -3.03. The van der Waals surface area contributed by atoms with Gasteiger partial charge in [0.15, 0.2) is 11.0 Å². The maximum Gasteiger partial charge on any atom is 0.243 e. The number of nitrogens with two attached hydrogens (primary N) is 2. The number of primary amides is 1. The lowest BCUT2D eigenvalue weighted by molar-refractivity contribution is -0.132. The minimum Gasteiger partial charge on any atom is -0.370 e. The van der Waals surface area contributed by atoms with Crippen molar-refractivity contribution in [3.05, 3.63) is 65.2 Å². The molecular formula is C29H36N8O5S. The number of para-hydroxylation sites is 1. The molecule has 0 fully saturated rings. The minimum atomic E-state index is -1.12. The van der Waals surface area contributed by atoms with Crippen LogP contribution in [-0.4, -0.2) is 65.0 Å². The number of fused-ring (bicyclic) bond motifs is 1. The van der Waals surface area contributed by atoms with Gasteiger partial charge in [-0.25, -0.2) is 4.98 Å². The quantitative estimate of drug-likeness (QED) is 0.0530. The Morgan fingerprint density at radius 2 is 1.51 bits per heavy atom. The molecule has 9 N–H and O–H groups in total. The van der Waals surface area contributed by atoms with Gasteiger partial charge in [0.25, 0.3) is 0 Å². The lowest BCUT2D eigenvalue weighted by Gasteiger charge is -2.25. The van der Waals surface area contributed by atoms with Gasteiger partial charge in [0.05, 0.1) is 16.3 Å². The molecule has 0 aliphatic rings. The summed E-state index contributed by atoms with van der Waals surface area (Å²) in [6, 6.07) is 13.1. The van der Waals surface area contributed by atoms with Crippen LogP contribution >= 0.6 is 11.3 Å². The van der Waals surface area contributed by atoms with Crippen LogP contribution in [0.5, 0.6) is 0 Å². The van der Waals surface area contributed by atoms with Crippen molar-refractivity contribution in [3.63, 3.8) is 0 Å². The number of guanidine groups is 1. The highest BCUT2D eigenvalue weighted by Crippen LogP contribution is 2.23. The number of aromatic nitrogens is 1. The first-order chi connectivity index (χ1) is 20.5. The molecular weight excluding hydrogens is 572 g/mol. The van der Waals surface area contributed by atoms with Crippen molar-refractivity contribution in [2.24, 2.45) is 11.5 Å². The fraction of sp³-hybridized carbons (Fsp3) is 0.345. The molecule has 228 valence electrons. The third-order valence-electron chi connectivity index (χ3n) is 6.41. The number of rotatable bonds is 16. The Kier molecular flexibility index (Phi) is 12.1. The first kappa shape index (κ1) is 32.7. The predicted octanol–water partition coefficient (Wildman–Crippen LogP) is 0.725. The van der Waals surface area contributed by atoms with Crippen LogP contribution in [0.3, 0.4) is 0 Å². The van der Waals surface area contributed by atoms with Crippen LogP contribution in [0.1, 0.15) is 48.0 Å². The van der Waals surface area contributed by atoms with Gasteiger partial charge in [-0.3, -0.25) is 29.4 Å². The van der Waals surface area contributed by atoms with Gasteiger partial charge < -0.3 is 32.7 Å². The van der Waals surface area contributed by atoms with E-state index in [0.717, 1.165) is 10.3 Å². The van der Waals surface area contributed by atoms with Crippen molar-refractivity contribution >= 4 is 56.9 Å². The van der Waals surface area contributed by atoms with E-state index in [1.54, 1.807) is 30.3 Å². The van der Waals surface area contributed by atoms with Gasteiger partial charge in [-0.15, -0.1) is 11.3 Å². The van der Waals surface area contributed by atoms with Crippen LogP contribution < -0.4 is 32.7 Å². The number of carbonyl (C=O) groups excluding carboxylic acids is 5. The molecule has 14 heteroatoms. The fourth-order valence-corrected chi connectivity index (χ4v) is 5.29. The number of nitrogens with one attached hydrogen (secondary N) is 5. The van der Waals surface area contributed by atoms with Crippen molar-refractivity contribution in [2.45, 2.75) is 57.2 Å². The molecule has 3 unspecified atom stereocenters. The second-order valence-corrected chi connectivity index (χ2v) is 10.9. The SMILES string of the molecule is CC(=O)NC(CCC(N)=O)C(=O)NC(Cc1ccccc1)C(=O)NC(CCCNC(=N)N)C(=O)c1nc2ccccc2s1. The molecule has 0 bridgehead atoms. The number of Topliss-reactive ketones (excluding diaryl/α,β-unsaturated/α-hetero) is 1. The van der Waals surface area contributed by atoms with Crippen molar-refractivity contribution in [3.8, 4) is 0 Å². The Labute approximate surface area is 252 Å². The molecule has 0 saturated carbocycles. The summed E-state index contributed by atoms with van der Waals surface area (Å²) in [4.78, 5) is 68.1. The predicted molar refractivity (Wildman–Crippen MR) is 163 cm³/mol. The Balaban J connectivity index is 1.85. The summed E-state index contributed by atoms with van der Waals surface area (Å²) in [7, 11) is 0. The Morgan fingerprint density at radius 1 is 0.860 bits per heavy atom. The Morgan fingerprint density at radius 3 is 2.16 bits per heavy atom. The molecule has 2 aromatic carbocycles. The average molecular weight is 609 g/mol. The summed E-state index contributed by atoms with van der Waals surface area (Å²) in [5.41, 5.74) is 12.0. The van der Waals surface area contributed by atoms with Crippen LogP contribution in [0.15, 0.2) is 54.6 Å². The second kappa shape index (κ2) is 16.0. The summed E-state index contributed by atoms with van der Waals surface area (Å²) in [5, 5.41) is 18.2. The lowest BCUT2D eigenvalue weighted by atomic mass is 10.0. The molecule has 4 amide bonds. The monoisotopic (exact) mass is 608 g/mol. The van der Waals surface area contributed by atoms with E-state index < -0.39 is 41.8 Å². The van der Waals surface area contributed by atoms with E-state index in [1.165, 1.54) is 18.3 Å². The number of carbonyl (C=O) groups is 5. The molecule has 0 spiro atoms. The van der Waals surface area contributed by atoms with Crippen LogP contribution in [0.2, 0.25) is 0 Å². The number of amides is 4. The summed E-state index contributed by atoms with van der Waals surface area (Å²) >= 11 is 1.21. The fourth-order valence-electron chi connectivity index (χ4n) is 4.33. The molecule has 0 aliphatic heterocycles. The molecule has 13 nitrogen and oxygen atoms in total. The highest BCUT2D eigenvalue weighted by atomic mass is 32.1. The molecule has 3 atom stereocenters. The zero-order valence-electron chi connectivity index (χ0n) is 23.7. The van der Waals surface area contributed by atoms with Crippen molar-refractivity contribution in [1.82, 2.24) is 26.3 Å². The Bertz CT molecular complexity index is 1430. The largest absolute Gasteiger partial charge is 0.370 e. The second-order valence-electron chi connectivity index (χ2n) is 9.90. The maximum absolute atomic E-state index is 13.7. The van der Waals surface area contributed by atoms with Gasteiger partial charge in [0.1, 0.15) is 12.1 Å². The van der Waals surface area contributed by atoms with Gasteiger partial charge in [0, 0.05) is 26.3 Å². The van der Waals surface area contributed by atoms with Crippen LogP contribution in [0.4, 0.5) is 0 Å². The number of thiazole rings is 1. The van der Waals surface area contributed by atoms with Crippen molar-refractivity contribution in [1.29, 1.82) is 5.41 Å². The number of hydrogen-bond acceptors (Lipinski definition) is 8. The van der Waals surface area contributed by atoms with Gasteiger partial charge in [-0.2, -0.15) is 0 Å². The zero-order chi connectivity index (χ0) is 31.4. The van der Waals surface area contributed by atoms with Crippen LogP contribution in [-0.2, 0) is 25.6 Å². The van der Waals surface area contributed by atoms with Gasteiger partial charge >= 0.3 is 0 Å². The van der Waals surface area contributed by atoms with Crippen molar-refractivity contribution < 1.29 is 24.0 Å². The highest BCUT2D eigenvalue weighted by Gasteiger charge is 2.31. The van der Waals surface area contributed by atoms with E-state index in [1.807, 2.05) is 24.3 Å². The molecule has 43 heavy (non-hydrogen) atoms. The third-order valence-corrected chi connectivity index (χ3v) is 7.46. The van der Waals surface area contributed by atoms with Crippen molar-refractivity contribution in [2.75, 3.05) is 6.54 Å². The normalized spacial score (nSPS) is 12.9. The van der Waals surface area contributed by atoms with E-state index in [4.69, 9.17) is 16.9 Å². The van der Waals surface area contributed by atoms with Crippen LogP contribution in [0, 0.1) is 5.41 Å². The van der Waals surface area contributed by atoms with E-state index in [9.17, 15) is 24.0 Å². The number of hydrogen-bond donors (Lipinski definition) is 7. The molecule has 0 radical (unpaired) electrons. The van der Waals surface area contributed by atoms with E-state index in [2.05, 4.69) is 26.3 Å². The van der Waals surface area contributed by atoms with Gasteiger partial charge in [-0.1, -0.05) is 42.5 Å². The number of ketones is 1. The summed E-state index contributed by atoms with van der Waals surface area (Å²) < 4.78 is 0.823. The summed E-state index contributed by atoms with van der Waals surface area (Å²) in [6.07, 6.45) is 0.493. The number of nitrogens with zero attached hydrogens (tertiary/aromatic N) is 1. The van der Waals surface area contributed by atoms with E-state index >= 15 is 0 Å². The molecule has 1 aromatic heterocycles. The zero-order valence-corrected chi connectivity index (χ0v) is 24.5. The maximum atomic E-state index is 13.7. The first-order valence-electron chi connectivity index (χ1n) is 13.7. The first-order valence-corrected chi connectivity index (χ1v) is 14.5. The molecule has 3 aromatic rings. The minimum absolute atomic E-state index is 0.0533. The molecule has 0 saturated heterocycles. The Hall–Kier alpha value is -4.85. The topological polar surface area (TPSA) is 222 Å². The third kappa shape index (κ3) is 10.5.